The molecule has 17 heavy (non-hydrogen) atoms. The molecule has 0 aromatic heterocycles. The molecule has 0 aromatic rings. The van der Waals surface area contributed by atoms with Crippen LogP contribution in [0, 0.1) is 11.8 Å². The first-order valence-corrected chi connectivity index (χ1v) is 5.48. The van der Waals surface area contributed by atoms with Crippen LogP contribution in [0.5, 0.6) is 0 Å². The number of Topliss-reactive ketones (excluding diaryl/α,β-unsaturated/α-hetero) is 2. The average Bonchev–Trinajstić information content (AvgIpc) is 2.28. The van der Waals surface area contributed by atoms with Crippen LogP contribution in [0.2, 0.25) is 0 Å². The summed E-state index contributed by atoms with van der Waals surface area (Å²) in [6, 6.07) is 0. The van der Waals surface area contributed by atoms with Crippen LogP contribution < -0.4 is 0 Å². The molecule has 0 aliphatic heterocycles. The Morgan fingerprint density at radius 1 is 1.47 bits per heavy atom. The van der Waals surface area contributed by atoms with Gasteiger partial charge in [0, 0.05) is 6.42 Å². The summed E-state index contributed by atoms with van der Waals surface area (Å²) in [6.07, 6.45) is -3.07. The van der Waals surface area contributed by atoms with Crippen LogP contribution in [-0.4, -0.2) is 30.6 Å². The molecular formula is C11H14F2O4. The number of ether oxygens (including phenoxy) is 1. The second kappa shape index (κ2) is 5.84. The van der Waals surface area contributed by atoms with Crippen molar-refractivity contribution >= 4 is 17.5 Å². The first-order chi connectivity index (χ1) is 7.97. The number of carbonyl (C=O) groups is 3. The molecule has 4 nitrogen and oxygen atoms in total. The molecule has 0 aromatic carbocycles. The number of esters is 1. The Morgan fingerprint density at radius 3 is 2.65 bits per heavy atom. The van der Waals surface area contributed by atoms with Crippen LogP contribution in [0.15, 0.2) is 0 Å². The van der Waals surface area contributed by atoms with Gasteiger partial charge in [0.2, 0.25) is 5.78 Å². The first kappa shape index (κ1) is 13.7. The van der Waals surface area contributed by atoms with Crippen LogP contribution in [0.1, 0.15) is 26.2 Å². The summed E-state index contributed by atoms with van der Waals surface area (Å²) in [5, 5.41) is 0. The maximum atomic E-state index is 12.2. The average molecular weight is 248 g/mol. The summed E-state index contributed by atoms with van der Waals surface area (Å²) in [6.45, 7) is 1.82. The van der Waals surface area contributed by atoms with Crippen LogP contribution in [0.4, 0.5) is 8.78 Å². The number of hydrogen-bond donors (Lipinski definition) is 0. The van der Waals surface area contributed by atoms with Gasteiger partial charge in [-0.25, -0.2) is 8.78 Å². The van der Waals surface area contributed by atoms with Crippen LogP contribution in [0.3, 0.4) is 0 Å². The zero-order chi connectivity index (χ0) is 13.0. The number of halogens is 2. The third-order valence-electron chi connectivity index (χ3n) is 2.83. The Kier molecular flexibility index (Phi) is 4.72. The van der Waals surface area contributed by atoms with Crippen LogP contribution in [0.25, 0.3) is 0 Å². The molecular weight excluding hydrogens is 234 g/mol. The minimum Gasteiger partial charge on any atom is -0.466 e. The lowest BCUT2D eigenvalue weighted by atomic mass is 9.78. The van der Waals surface area contributed by atoms with E-state index in [2.05, 4.69) is 0 Å². The van der Waals surface area contributed by atoms with Gasteiger partial charge in [-0.3, -0.25) is 14.4 Å². The maximum Gasteiger partial charge on any atom is 0.308 e. The second-order valence-corrected chi connectivity index (χ2v) is 3.95. The summed E-state index contributed by atoms with van der Waals surface area (Å²) in [4.78, 5) is 33.9. The molecule has 0 heterocycles. The van der Waals surface area contributed by atoms with Crippen molar-refractivity contribution < 1.29 is 27.9 Å². The van der Waals surface area contributed by atoms with Gasteiger partial charge >= 0.3 is 5.97 Å². The van der Waals surface area contributed by atoms with Crippen molar-refractivity contribution in [1.29, 1.82) is 0 Å². The van der Waals surface area contributed by atoms with E-state index in [1.807, 2.05) is 0 Å². The van der Waals surface area contributed by atoms with Gasteiger partial charge in [-0.1, -0.05) is 0 Å². The molecule has 1 saturated carbocycles. The van der Waals surface area contributed by atoms with Crippen molar-refractivity contribution in [2.75, 3.05) is 6.61 Å². The summed E-state index contributed by atoms with van der Waals surface area (Å²) in [7, 11) is 0. The van der Waals surface area contributed by atoms with Gasteiger partial charge in [0.15, 0.2) is 0 Å². The van der Waals surface area contributed by atoms with E-state index in [1.165, 1.54) is 0 Å². The third-order valence-corrected chi connectivity index (χ3v) is 2.83. The lowest BCUT2D eigenvalue weighted by molar-refractivity contribution is -0.152. The number of alkyl halides is 2. The highest BCUT2D eigenvalue weighted by atomic mass is 19.3. The smallest absolute Gasteiger partial charge is 0.308 e. The van der Waals surface area contributed by atoms with Crippen molar-refractivity contribution in [3.63, 3.8) is 0 Å². The van der Waals surface area contributed by atoms with Crippen molar-refractivity contribution in [2.24, 2.45) is 11.8 Å². The summed E-state index contributed by atoms with van der Waals surface area (Å²) < 4.78 is 29.2. The SMILES string of the molecule is CCOC(=O)C1CCC(=O)C(C(=O)C(F)F)C1. The van der Waals surface area contributed by atoms with E-state index in [9.17, 15) is 23.2 Å². The number of hydrogen-bond acceptors (Lipinski definition) is 4. The fraction of sp³-hybridized carbons (Fsp3) is 0.727. The molecule has 2 atom stereocenters. The van der Waals surface area contributed by atoms with Gasteiger partial charge in [-0.2, -0.15) is 0 Å². The van der Waals surface area contributed by atoms with Crippen molar-refractivity contribution in [3.05, 3.63) is 0 Å². The third kappa shape index (κ3) is 3.31. The quantitative estimate of drug-likeness (QED) is 0.557. The Labute approximate surface area is 97.3 Å². The minimum absolute atomic E-state index is 0.0212. The van der Waals surface area contributed by atoms with Gasteiger partial charge in [0.25, 0.3) is 6.43 Å². The molecule has 0 spiro atoms. The molecule has 1 rings (SSSR count). The predicted molar refractivity (Wildman–Crippen MR) is 53.5 cm³/mol. The molecule has 96 valence electrons. The van der Waals surface area contributed by atoms with Crippen LogP contribution >= 0.6 is 0 Å². The van der Waals surface area contributed by atoms with E-state index in [-0.39, 0.29) is 25.9 Å². The molecule has 1 aliphatic carbocycles. The molecule has 0 saturated heterocycles. The first-order valence-electron chi connectivity index (χ1n) is 5.48. The summed E-state index contributed by atoms with van der Waals surface area (Å²) >= 11 is 0. The largest absolute Gasteiger partial charge is 0.466 e. The van der Waals surface area contributed by atoms with Gasteiger partial charge in [-0.15, -0.1) is 0 Å². The van der Waals surface area contributed by atoms with E-state index in [1.54, 1.807) is 6.92 Å². The second-order valence-electron chi connectivity index (χ2n) is 3.95. The Bertz CT molecular complexity index is 327. The highest BCUT2D eigenvalue weighted by Gasteiger charge is 2.40. The monoisotopic (exact) mass is 248 g/mol. The van der Waals surface area contributed by atoms with Crippen molar-refractivity contribution in [3.8, 4) is 0 Å². The molecule has 6 heteroatoms. The predicted octanol–water partition coefficient (Wildman–Crippen LogP) is 1.37. The summed E-state index contributed by atoms with van der Waals surface area (Å²) in [5.74, 6) is -4.38. The molecule has 1 aliphatic rings. The van der Waals surface area contributed by atoms with Crippen molar-refractivity contribution in [2.45, 2.75) is 32.6 Å². The molecule has 1 fully saturated rings. The standard InChI is InChI=1S/C11H14F2O4/c1-2-17-11(16)6-3-4-8(14)7(5-6)9(15)10(12)13/h6-7,10H,2-5H2,1H3. The number of rotatable bonds is 4. The Morgan fingerprint density at radius 2 is 2.12 bits per heavy atom. The minimum atomic E-state index is -3.16. The maximum absolute atomic E-state index is 12.2. The Hall–Kier alpha value is -1.33. The van der Waals surface area contributed by atoms with E-state index in [0.717, 1.165) is 0 Å². The van der Waals surface area contributed by atoms with Crippen LogP contribution in [-0.2, 0) is 19.1 Å². The molecule has 2 unspecified atom stereocenters. The Balaban J connectivity index is 2.69. The number of carbonyl (C=O) groups excluding carboxylic acids is 3. The zero-order valence-electron chi connectivity index (χ0n) is 9.45. The van der Waals surface area contributed by atoms with E-state index in [0.29, 0.717) is 0 Å². The zero-order valence-corrected chi connectivity index (χ0v) is 9.45. The van der Waals surface area contributed by atoms with Gasteiger partial charge < -0.3 is 4.74 Å². The van der Waals surface area contributed by atoms with E-state index < -0.39 is 35.8 Å². The van der Waals surface area contributed by atoms with E-state index in [4.69, 9.17) is 4.74 Å². The lowest BCUT2D eigenvalue weighted by Gasteiger charge is -2.25. The van der Waals surface area contributed by atoms with E-state index >= 15 is 0 Å². The fourth-order valence-electron chi connectivity index (χ4n) is 1.93. The topological polar surface area (TPSA) is 60.4 Å². The van der Waals surface area contributed by atoms with Gasteiger partial charge in [0.05, 0.1) is 18.4 Å². The molecule has 0 amide bonds. The molecule has 0 bridgehead atoms. The lowest BCUT2D eigenvalue weighted by Crippen LogP contribution is -2.37. The fourth-order valence-corrected chi connectivity index (χ4v) is 1.93. The molecule has 0 N–H and O–H groups in total. The van der Waals surface area contributed by atoms with Gasteiger partial charge in [0.1, 0.15) is 5.78 Å². The highest BCUT2D eigenvalue weighted by Crippen LogP contribution is 2.29. The van der Waals surface area contributed by atoms with Crippen molar-refractivity contribution in [1.82, 2.24) is 0 Å². The highest BCUT2D eigenvalue weighted by molar-refractivity contribution is 6.04. The summed E-state index contributed by atoms with van der Waals surface area (Å²) in [5.41, 5.74) is 0. The normalized spacial score (nSPS) is 24.8. The number of ketones is 2. The van der Waals surface area contributed by atoms with Gasteiger partial charge in [-0.05, 0) is 19.8 Å². The molecule has 0 radical (unpaired) electrons.